The highest BCUT2D eigenvalue weighted by Gasteiger charge is 2.25. The van der Waals surface area contributed by atoms with E-state index in [4.69, 9.17) is 0 Å². The number of rotatable bonds is 9. The number of benzene rings is 4. The molecule has 5 rings (SSSR count). The lowest BCUT2D eigenvalue weighted by atomic mass is 10.1. The average molecular weight is 518 g/mol. The Hall–Kier alpha value is -4.38. The number of aromatic nitrogens is 1. The molecule has 5 aromatic rings. The van der Waals surface area contributed by atoms with Crippen molar-refractivity contribution in [3.63, 3.8) is 0 Å². The van der Waals surface area contributed by atoms with Crippen molar-refractivity contribution in [2.45, 2.75) is 39.8 Å². The second-order valence-electron chi connectivity index (χ2n) is 10.5. The van der Waals surface area contributed by atoms with Gasteiger partial charge in [-0.1, -0.05) is 78.4 Å². The Labute approximate surface area is 230 Å². The number of hydrogen-bond donors (Lipinski definition) is 1. The van der Waals surface area contributed by atoms with Crippen LogP contribution >= 0.6 is 0 Å². The van der Waals surface area contributed by atoms with Gasteiger partial charge in [-0.3, -0.25) is 9.59 Å². The van der Waals surface area contributed by atoms with E-state index < -0.39 is 0 Å². The van der Waals surface area contributed by atoms with E-state index in [-0.39, 0.29) is 24.4 Å². The molecule has 0 saturated carbocycles. The van der Waals surface area contributed by atoms with Crippen LogP contribution in [0.25, 0.3) is 21.7 Å². The third kappa shape index (κ3) is 6.04. The summed E-state index contributed by atoms with van der Waals surface area (Å²) in [5.74, 6) is -0.186. The summed E-state index contributed by atoms with van der Waals surface area (Å²) >= 11 is 0. The van der Waals surface area contributed by atoms with Crippen molar-refractivity contribution in [2.75, 3.05) is 13.1 Å². The number of nitrogens with zero attached hydrogens (tertiary/aromatic N) is 2. The summed E-state index contributed by atoms with van der Waals surface area (Å²) in [5.41, 5.74) is 5.13. The molecule has 0 saturated heterocycles. The van der Waals surface area contributed by atoms with Gasteiger partial charge in [0.1, 0.15) is 6.54 Å². The van der Waals surface area contributed by atoms with Crippen molar-refractivity contribution in [3.05, 3.63) is 119 Å². The van der Waals surface area contributed by atoms with E-state index in [1.807, 2.05) is 79.5 Å². The third-order valence-corrected chi connectivity index (χ3v) is 7.36. The molecule has 1 heterocycles. The number of aryl methyl sites for hydroxylation is 1. The van der Waals surface area contributed by atoms with Crippen molar-refractivity contribution in [1.29, 1.82) is 0 Å². The lowest BCUT2D eigenvalue weighted by molar-refractivity contribution is -0.132. The first-order chi connectivity index (χ1) is 18.9. The molecule has 1 N–H and O–H groups in total. The van der Waals surface area contributed by atoms with Gasteiger partial charge >= 0.3 is 0 Å². The highest BCUT2D eigenvalue weighted by atomic mass is 16.2. The maximum absolute atomic E-state index is 13.8. The van der Waals surface area contributed by atoms with Crippen LogP contribution in [-0.4, -0.2) is 45.7 Å². The van der Waals surface area contributed by atoms with Gasteiger partial charge < -0.3 is 14.8 Å². The molecule has 1 aromatic heterocycles. The quantitative estimate of drug-likeness (QED) is 0.235. The molecule has 0 spiro atoms. The molecule has 0 bridgehead atoms. The summed E-state index contributed by atoms with van der Waals surface area (Å²) in [6, 6.07) is 30.1. The number of amides is 2. The van der Waals surface area contributed by atoms with Crippen LogP contribution < -0.4 is 0 Å². The maximum atomic E-state index is 13.8. The van der Waals surface area contributed by atoms with Gasteiger partial charge in [0.25, 0.3) is 5.91 Å². The minimum absolute atomic E-state index is 0.0308. The minimum Gasteiger partial charge on any atom is -0.361 e. The Morgan fingerprint density at radius 3 is 2.33 bits per heavy atom. The zero-order chi connectivity index (χ0) is 27.4. The third-order valence-electron chi connectivity index (χ3n) is 7.36. The fourth-order valence-electron chi connectivity index (χ4n) is 5.02. The van der Waals surface area contributed by atoms with Gasteiger partial charge in [0.15, 0.2) is 0 Å². The minimum atomic E-state index is -0.129. The molecule has 0 atom stereocenters. The van der Waals surface area contributed by atoms with Crippen LogP contribution in [0.5, 0.6) is 0 Å². The normalized spacial score (nSPS) is 11.3. The summed E-state index contributed by atoms with van der Waals surface area (Å²) in [6.45, 7) is 7.07. The van der Waals surface area contributed by atoms with Crippen LogP contribution in [0.2, 0.25) is 0 Å². The summed E-state index contributed by atoms with van der Waals surface area (Å²) in [7, 11) is 0. The Kier molecular flexibility index (Phi) is 7.78. The topological polar surface area (TPSA) is 56.4 Å². The van der Waals surface area contributed by atoms with Crippen LogP contribution in [0.15, 0.2) is 97.2 Å². The lowest BCUT2D eigenvalue weighted by Gasteiger charge is -2.30. The van der Waals surface area contributed by atoms with Crippen molar-refractivity contribution >= 4 is 33.5 Å². The zero-order valence-electron chi connectivity index (χ0n) is 22.9. The van der Waals surface area contributed by atoms with Crippen LogP contribution in [0, 0.1) is 6.92 Å². The Bertz CT molecular complexity index is 1600. The molecule has 0 radical (unpaired) electrons. The van der Waals surface area contributed by atoms with Gasteiger partial charge in [-0.25, -0.2) is 0 Å². The Morgan fingerprint density at radius 1 is 0.846 bits per heavy atom. The van der Waals surface area contributed by atoms with Crippen molar-refractivity contribution in [3.8, 4) is 0 Å². The number of carbonyl (C=O) groups is 2. The molecule has 5 nitrogen and oxygen atoms in total. The molecular formula is C34H35N3O2. The number of fused-ring (bicyclic) bond motifs is 2. The Morgan fingerprint density at radius 2 is 1.56 bits per heavy atom. The molecule has 0 unspecified atom stereocenters. The van der Waals surface area contributed by atoms with Gasteiger partial charge in [-0.05, 0) is 67.3 Å². The summed E-state index contributed by atoms with van der Waals surface area (Å²) < 4.78 is 0. The number of para-hydroxylation sites is 1. The van der Waals surface area contributed by atoms with Gasteiger partial charge in [-0.15, -0.1) is 0 Å². The fraction of sp³-hybridized carbons (Fsp3) is 0.235. The number of aromatic amines is 1. The monoisotopic (exact) mass is 517 g/mol. The van der Waals surface area contributed by atoms with Crippen molar-refractivity contribution < 1.29 is 9.59 Å². The first kappa shape index (κ1) is 26.2. The molecule has 5 heteroatoms. The van der Waals surface area contributed by atoms with Crippen LogP contribution in [-0.2, 0) is 17.8 Å². The number of H-pyrrole nitrogens is 1. The lowest BCUT2D eigenvalue weighted by Crippen LogP contribution is -2.46. The average Bonchev–Trinajstić information content (AvgIpc) is 3.37. The largest absolute Gasteiger partial charge is 0.361 e. The van der Waals surface area contributed by atoms with E-state index >= 15 is 0 Å². The van der Waals surface area contributed by atoms with E-state index in [9.17, 15) is 9.59 Å². The summed E-state index contributed by atoms with van der Waals surface area (Å²) in [5, 5.41) is 3.27. The zero-order valence-corrected chi connectivity index (χ0v) is 22.9. The number of hydrogen-bond acceptors (Lipinski definition) is 2. The standard InChI is InChI=1S/C34H35N3O2/c1-24(2)37(34(39)29-17-16-27-8-4-5-9-28(27)20-29)23-33(38)36(22-26-14-12-25(3)13-15-26)19-18-30-21-35-32-11-7-6-10-31(30)32/h4-17,20-21,24,35H,18-19,22-23H2,1-3H3. The molecular weight excluding hydrogens is 482 g/mol. The second kappa shape index (κ2) is 11.6. The van der Waals surface area contributed by atoms with Gasteiger partial charge in [0, 0.05) is 41.8 Å². The summed E-state index contributed by atoms with van der Waals surface area (Å²) in [4.78, 5) is 34.3. The predicted octanol–water partition coefficient (Wildman–Crippen LogP) is 6.75. The molecule has 39 heavy (non-hydrogen) atoms. The number of nitrogens with one attached hydrogen (secondary N) is 1. The van der Waals surface area contributed by atoms with E-state index in [0.717, 1.165) is 28.3 Å². The van der Waals surface area contributed by atoms with Crippen LogP contribution in [0.4, 0.5) is 0 Å². The molecule has 0 aliphatic rings. The van der Waals surface area contributed by atoms with Gasteiger partial charge in [-0.2, -0.15) is 0 Å². The van der Waals surface area contributed by atoms with Crippen LogP contribution in [0.3, 0.4) is 0 Å². The first-order valence-electron chi connectivity index (χ1n) is 13.6. The fourth-order valence-corrected chi connectivity index (χ4v) is 5.02. The second-order valence-corrected chi connectivity index (χ2v) is 10.5. The smallest absolute Gasteiger partial charge is 0.254 e. The molecule has 0 aliphatic heterocycles. The van der Waals surface area contributed by atoms with E-state index in [1.165, 1.54) is 16.5 Å². The van der Waals surface area contributed by atoms with E-state index in [0.29, 0.717) is 18.7 Å². The molecule has 0 fully saturated rings. The van der Waals surface area contributed by atoms with Crippen molar-refractivity contribution in [2.24, 2.45) is 0 Å². The van der Waals surface area contributed by atoms with Gasteiger partial charge in [0.05, 0.1) is 0 Å². The molecule has 2 amide bonds. The molecule has 0 aliphatic carbocycles. The SMILES string of the molecule is Cc1ccc(CN(CCc2c[nH]c3ccccc23)C(=O)CN(C(=O)c2ccc3ccccc3c2)C(C)C)cc1. The molecule has 4 aromatic carbocycles. The first-order valence-corrected chi connectivity index (χ1v) is 13.6. The van der Waals surface area contributed by atoms with E-state index in [2.05, 4.69) is 48.3 Å². The molecule has 198 valence electrons. The van der Waals surface area contributed by atoms with Crippen molar-refractivity contribution in [1.82, 2.24) is 14.8 Å². The Balaban J connectivity index is 1.37. The number of carbonyl (C=O) groups excluding carboxylic acids is 2. The highest BCUT2D eigenvalue weighted by molar-refractivity contribution is 6.00. The maximum Gasteiger partial charge on any atom is 0.254 e. The van der Waals surface area contributed by atoms with Crippen LogP contribution in [0.1, 0.15) is 40.9 Å². The van der Waals surface area contributed by atoms with Gasteiger partial charge in [0.2, 0.25) is 5.91 Å². The summed E-state index contributed by atoms with van der Waals surface area (Å²) in [6.07, 6.45) is 2.75. The highest BCUT2D eigenvalue weighted by Crippen LogP contribution is 2.20. The predicted molar refractivity (Wildman–Crippen MR) is 159 cm³/mol. The van der Waals surface area contributed by atoms with E-state index in [1.54, 1.807) is 4.90 Å².